The summed E-state index contributed by atoms with van der Waals surface area (Å²) in [6, 6.07) is 10.6. The first-order chi connectivity index (χ1) is 13.3. The Morgan fingerprint density at radius 3 is 2.50 bits per heavy atom. The highest BCUT2D eigenvalue weighted by Crippen LogP contribution is 2.33. The topological polar surface area (TPSA) is 106 Å². The number of hydrogen-bond donors (Lipinski definition) is 2. The third-order valence-corrected chi connectivity index (χ3v) is 6.15. The number of sulfonamides is 1. The van der Waals surface area contributed by atoms with Gasteiger partial charge in [-0.3, -0.25) is 14.8 Å². The van der Waals surface area contributed by atoms with Gasteiger partial charge in [0.05, 0.1) is 56.6 Å². The molecule has 0 aliphatic carbocycles. The highest BCUT2D eigenvalue weighted by Gasteiger charge is 2.28. The molecule has 1 aliphatic heterocycles. The van der Waals surface area contributed by atoms with E-state index in [-0.39, 0.29) is 16.3 Å². The molecule has 0 spiro atoms. The van der Waals surface area contributed by atoms with E-state index in [1.54, 1.807) is 24.3 Å². The summed E-state index contributed by atoms with van der Waals surface area (Å²) in [4.78, 5) is 13.8. The van der Waals surface area contributed by atoms with Gasteiger partial charge in [-0.2, -0.15) is 0 Å². The summed E-state index contributed by atoms with van der Waals surface area (Å²) < 4.78 is 34.0. The lowest BCUT2D eigenvalue weighted by Crippen LogP contribution is -3.12. The maximum atomic E-state index is 13.2. The monoisotopic (exact) mass is 407 g/mol. The number of likely N-dealkylation sites (N-methyl/N-ethyl adjacent to an activating group) is 1. The number of anilines is 2. The lowest BCUT2D eigenvalue weighted by molar-refractivity contribution is -0.880. The minimum Gasteiger partial charge on any atom is -0.495 e. The molecule has 28 heavy (non-hydrogen) atoms. The number of nitrogens with one attached hydrogen (secondary N) is 2. The van der Waals surface area contributed by atoms with Gasteiger partial charge in [0.1, 0.15) is 10.6 Å². The number of nitro benzene ring substituents is 1. The summed E-state index contributed by atoms with van der Waals surface area (Å²) in [7, 11) is -0.558. The predicted octanol–water partition coefficient (Wildman–Crippen LogP) is 0.739. The van der Waals surface area contributed by atoms with Crippen molar-refractivity contribution in [1.82, 2.24) is 0 Å². The smallest absolute Gasteiger partial charge is 0.270 e. The summed E-state index contributed by atoms with van der Waals surface area (Å²) in [5.41, 5.74) is 0.453. The maximum Gasteiger partial charge on any atom is 0.270 e. The number of ether oxygens (including phenoxy) is 1. The Morgan fingerprint density at radius 1 is 1.18 bits per heavy atom. The van der Waals surface area contributed by atoms with Crippen LogP contribution in [0.3, 0.4) is 0 Å². The van der Waals surface area contributed by atoms with Crippen LogP contribution in [0.2, 0.25) is 0 Å². The standard InChI is InChI=1S/C18H22N4O5S/c1-20-9-11-21(12-10-20)16-8-7-14(22(23)24)13-18(16)28(25,26)19-15-5-3-4-6-17(15)27-2/h3-8,13,19H,9-12H2,1-2H3/p+1. The number of benzene rings is 2. The van der Waals surface area contributed by atoms with E-state index in [1.807, 2.05) is 4.90 Å². The molecular formula is C18H23N4O5S+. The Kier molecular flexibility index (Phi) is 5.71. The fourth-order valence-corrected chi connectivity index (χ4v) is 4.47. The molecule has 10 heteroatoms. The Labute approximate surface area is 163 Å². The van der Waals surface area contributed by atoms with E-state index in [0.717, 1.165) is 19.2 Å². The molecule has 1 saturated heterocycles. The summed E-state index contributed by atoms with van der Waals surface area (Å²) in [6.07, 6.45) is 0. The van der Waals surface area contributed by atoms with E-state index in [2.05, 4.69) is 11.8 Å². The Balaban J connectivity index is 2.04. The zero-order valence-corrected chi connectivity index (χ0v) is 16.5. The van der Waals surface area contributed by atoms with Gasteiger partial charge in [-0.1, -0.05) is 12.1 Å². The second-order valence-corrected chi connectivity index (χ2v) is 8.31. The quantitative estimate of drug-likeness (QED) is 0.540. The lowest BCUT2D eigenvalue weighted by Gasteiger charge is -2.32. The minimum atomic E-state index is -4.08. The van der Waals surface area contributed by atoms with Crippen molar-refractivity contribution in [3.05, 3.63) is 52.6 Å². The van der Waals surface area contributed by atoms with Crippen LogP contribution in [0, 0.1) is 10.1 Å². The van der Waals surface area contributed by atoms with Gasteiger partial charge in [-0.25, -0.2) is 8.42 Å². The zero-order chi connectivity index (χ0) is 20.3. The van der Waals surface area contributed by atoms with Crippen LogP contribution in [0.15, 0.2) is 47.4 Å². The normalized spacial score (nSPS) is 15.3. The Morgan fingerprint density at radius 2 is 1.86 bits per heavy atom. The van der Waals surface area contributed by atoms with E-state index >= 15 is 0 Å². The van der Waals surface area contributed by atoms with Gasteiger partial charge in [0.2, 0.25) is 0 Å². The van der Waals surface area contributed by atoms with E-state index in [9.17, 15) is 18.5 Å². The van der Waals surface area contributed by atoms with Gasteiger partial charge in [-0.05, 0) is 18.2 Å². The number of rotatable bonds is 6. The van der Waals surface area contributed by atoms with Crippen LogP contribution < -0.4 is 19.3 Å². The van der Waals surface area contributed by atoms with Crippen LogP contribution >= 0.6 is 0 Å². The van der Waals surface area contributed by atoms with Crippen molar-refractivity contribution < 1.29 is 23.0 Å². The van der Waals surface area contributed by atoms with Crippen LogP contribution in [0.5, 0.6) is 5.75 Å². The van der Waals surface area contributed by atoms with Crippen LogP contribution in [0.4, 0.5) is 17.1 Å². The van der Waals surface area contributed by atoms with Crippen LogP contribution in [0.1, 0.15) is 0 Å². The largest absolute Gasteiger partial charge is 0.495 e. The molecule has 0 unspecified atom stereocenters. The summed E-state index contributed by atoms with van der Waals surface area (Å²) >= 11 is 0. The van der Waals surface area contributed by atoms with E-state index < -0.39 is 14.9 Å². The number of para-hydroxylation sites is 2. The number of quaternary nitrogens is 1. The number of hydrogen-bond acceptors (Lipinski definition) is 6. The molecule has 0 bridgehead atoms. The maximum absolute atomic E-state index is 13.2. The van der Waals surface area contributed by atoms with E-state index in [0.29, 0.717) is 24.5 Å². The molecule has 0 aromatic heterocycles. The molecule has 0 saturated carbocycles. The molecule has 1 fully saturated rings. The molecule has 0 atom stereocenters. The SMILES string of the molecule is COc1ccccc1NS(=O)(=O)c1cc([N+](=O)[O-])ccc1N1CC[NH+](C)CC1. The van der Waals surface area contributed by atoms with Crippen LogP contribution in [-0.4, -0.2) is 53.7 Å². The second kappa shape index (κ2) is 8.03. The van der Waals surface area contributed by atoms with Crippen molar-refractivity contribution >= 4 is 27.1 Å². The average molecular weight is 407 g/mol. The highest BCUT2D eigenvalue weighted by atomic mass is 32.2. The fraction of sp³-hybridized carbons (Fsp3) is 0.333. The summed E-state index contributed by atoms with van der Waals surface area (Å²) in [5, 5.41) is 11.2. The first-order valence-electron chi connectivity index (χ1n) is 8.82. The summed E-state index contributed by atoms with van der Waals surface area (Å²) in [5.74, 6) is 0.362. The highest BCUT2D eigenvalue weighted by molar-refractivity contribution is 7.93. The van der Waals surface area contributed by atoms with Crippen LogP contribution in [-0.2, 0) is 10.0 Å². The van der Waals surface area contributed by atoms with Crippen molar-refractivity contribution in [2.24, 2.45) is 0 Å². The van der Waals surface area contributed by atoms with Crippen molar-refractivity contribution in [2.45, 2.75) is 4.90 Å². The predicted molar refractivity (Wildman–Crippen MR) is 106 cm³/mol. The molecule has 9 nitrogen and oxygen atoms in total. The average Bonchev–Trinajstić information content (AvgIpc) is 2.68. The van der Waals surface area contributed by atoms with Crippen LogP contribution in [0.25, 0.3) is 0 Å². The molecule has 1 aliphatic rings. The van der Waals surface area contributed by atoms with Crippen molar-refractivity contribution in [3.63, 3.8) is 0 Å². The number of nitrogens with zero attached hydrogens (tertiary/aromatic N) is 2. The number of piperazine rings is 1. The third-order valence-electron chi connectivity index (χ3n) is 4.75. The third kappa shape index (κ3) is 4.18. The first-order valence-corrected chi connectivity index (χ1v) is 10.3. The lowest BCUT2D eigenvalue weighted by atomic mass is 10.2. The number of nitro groups is 1. The zero-order valence-electron chi connectivity index (χ0n) is 15.7. The summed E-state index contributed by atoms with van der Waals surface area (Å²) in [6.45, 7) is 3.05. The number of methoxy groups -OCH3 is 1. The van der Waals surface area contributed by atoms with Gasteiger partial charge in [0, 0.05) is 12.1 Å². The molecule has 150 valence electrons. The second-order valence-electron chi connectivity index (χ2n) is 6.66. The fourth-order valence-electron chi connectivity index (χ4n) is 3.15. The molecule has 2 aromatic carbocycles. The number of non-ortho nitro benzene ring substituents is 1. The van der Waals surface area contributed by atoms with E-state index in [4.69, 9.17) is 4.74 Å². The van der Waals surface area contributed by atoms with Crippen molar-refractivity contribution in [1.29, 1.82) is 0 Å². The van der Waals surface area contributed by atoms with Gasteiger partial charge < -0.3 is 14.5 Å². The molecule has 2 aromatic rings. The molecular weight excluding hydrogens is 384 g/mol. The molecule has 0 amide bonds. The van der Waals surface area contributed by atoms with E-state index in [1.165, 1.54) is 24.1 Å². The van der Waals surface area contributed by atoms with Gasteiger partial charge in [-0.15, -0.1) is 0 Å². The molecule has 2 N–H and O–H groups in total. The molecule has 3 rings (SSSR count). The Bertz CT molecular complexity index is 972. The van der Waals surface area contributed by atoms with Crippen molar-refractivity contribution in [2.75, 3.05) is 50.0 Å². The van der Waals surface area contributed by atoms with Gasteiger partial charge in [0.25, 0.3) is 15.7 Å². The minimum absolute atomic E-state index is 0.118. The first kappa shape index (κ1) is 19.9. The molecule has 1 heterocycles. The van der Waals surface area contributed by atoms with Gasteiger partial charge in [0.15, 0.2) is 0 Å². The van der Waals surface area contributed by atoms with Gasteiger partial charge >= 0.3 is 0 Å². The van der Waals surface area contributed by atoms with Crippen molar-refractivity contribution in [3.8, 4) is 5.75 Å². The molecule has 0 radical (unpaired) electrons. The Hall–Kier alpha value is -2.85.